The van der Waals surface area contributed by atoms with E-state index in [-0.39, 0.29) is 46.1 Å². The first-order chi connectivity index (χ1) is 16.5. The number of aryl methyl sites for hydroxylation is 1. The molecular weight excluding hydrogens is 440 g/mol. The average Bonchev–Trinajstić information content (AvgIpc) is 2.95. The summed E-state index contributed by atoms with van der Waals surface area (Å²) in [5.74, 6) is 1.72. The zero-order chi connectivity index (χ0) is 25.0. The van der Waals surface area contributed by atoms with E-state index in [0.717, 1.165) is 31.4 Å². The van der Waals surface area contributed by atoms with Gasteiger partial charge in [0, 0.05) is 24.3 Å². The normalized spacial score (nSPS) is 46.3. The topological polar surface area (TPSA) is 76.7 Å². The van der Waals surface area contributed by atoms with Gasteiger partial charge in [-0.3, -0.25) is 4.79 Å². The Morgan fingerprint density at radius 3 is 2.71 bits per heavy atom. The van der Waals surface area contributed by atoms with E-state index in [1.54, 1.807) is 0 Å². The second-order valence-electron chi connectivity index (χ2n) is 13.4. The van der Waals surface area contributed by atoms with Gasteiger partial charge in [-0.2, -0.15) is 0 Å². The van der Waals surface area contributed by atoms with Crippen LogP contribution in [0.4, 0.5) is 0 Å². The van der Waals surface area contributed by atoms with Crippen LogP contribution in [-0.4, -0.2) is 23.1 Å². The van der Waals surface area contributed by atoms with Crippen LogP contribution in [0.25, 0.3) is 0 Å². The number of ether oxygens (including phenoxy) is 1. The Morgan fingerprint density at radius 2 is 2.03 bits per heavy atom. The van der Waals surface area contributed by atoms with E-state index >= 15 is 0 Å². The maximum Gasteiger partial charge on any atom is 0.334 e. The second-order valence-corrected chi connectivity index (χ2v) is 13.4. The molecule has 5 nitrogen and oxygen atoms in total. The molecule has 5 fully saturated rings. The van der Waals surface area contributed by atoms with Crippen molar-refractivity contribution in [2.75, 3.05) is 0 Å². The SMILES string of the molecule is C=C1C(=O)O[C@@H]2C[C@@H]3[C@]4(CC[C@]5(C)[C@@H]([C@H](C)Cc6cc(C)co6)CC[C@@]35C)C[C@]4(CCC(=O)O)[C@H]12. The van der Waals surface area contributed by atoms with E-state index in [4.69, 9.17) is 9.15 Å². The molecule has 0 aromatic carbocycles. The Morgan fingerprint density at radius 1 is 1.26 bits per heavy atom. The molecule has 190 valence electrons. The number of aliphatic carboxylic acids is 1. The van der Waals surface area contributed by atoms with Crippen LogP contribution in [-0.2, 0) is 20.7 Å². The smallest absolute Gasteiger partial charge is 0.334 e. The highest BCUT2D eigenvalue weighted by Gasteiger charge is 2.83. The van der Waals surface area contributed by atoms with Crippen molar-refractivity contribution >= 4 is 11.9 Å². The van der Waals surface area contributed by atoms with E-state index in [9.17, 15) is 14.7 Å². The molecule has 0 radical (unpaired) electrons. The first kappa shape index (κ1) is 23.4. The number of hydrogen-bond donors (Lipinski definition) is 1. The molecule has 1 aliphatic heterocycles. The lowest BCUT2D eigenvalue weighted by Crippen LogP contribution is -2.56. The minimum absolute atomic E-state index is 0.00290. The first-order valence-electron chi connectivity index (χ1n) is 13.6. The Hall–Kier alpha value is -2.04. The van der Waals surface area contributed by atoms with Gasteiger partial charge >= 0.3 is 11.9 Å². The zero-order valence-electron chi connectivity index (χ0n) is 21.7. The summed E-state index contributed by atoms with van der Waals surface area (Å²) in [5, 5.41) is 9.56. The summed E-state index contributed by atoms with van der Waals surface area (Å²) in [6.07, 6.45) is 10.2. The lowest BCUT2D eigenvalue weighted by molar-refractivity contribution is -0.157. The number of carboxylic acids is 1. The number of carboxylic acid groups (broad SMARTS) is 1. The standard InChI is InChI=1S/C30H40O5/c1-17-12-20(34-15-17)13-18(2)21-6-8-28(5)23-14-22-25(19(3)26(33)35-22)30(9-7-24(31)32)16-29(23,30)11-10-27(21,28)4/h12,15,18,21-23,25H,3,6-11,13-14,16H2,1-2,4-5H3,(H,31,32)/t18-,21-,22-,23+,25-,27-,28+,29+,30-/m1/s1. The molecule has 4 aliphatic carbocycles. The summed E-state index contributed by atoms with van der Waals surface area (Å²) in [5.41, 5.74) is 2.16. The van der Waals surface area contributed by atoms with Gasteiger partial charge in [-0.25, -0.2) is 4.79 Å². The molecule has 0 amide bonds. The summed E-state index contributed by atoms with van der Waals surface area (Å²) in [4.78, 5) is 24.3. The van der Waals surface area contributed by atoms with Crippen LogP contribution in [0.1, 0.15) is 83.5 Å². The van der Waals surface area contributed by atoms with Crippen molar-refractivity contribution in [3.63, 3.8) is 0 Å². The van der Waals surface area contributed by atoms with Gasteiger partial charge in [-0.1, -0.05) is 27.4 Å². The average molecular weight is 481 g/mol. The third-order valence-corrected chi connectivity index (χ3v) is 12.2. The number of fused-ring (bicyclic) bond motifs is 4. The van der Waals surface area contributed by atoms with Gasteiger partial charge in [0.25, 0.3) is 0 Å². The maximum atomic E-state index is 12.6. The highest BCUT2D eigenvalue weighted by Crippen LogP contribution is 2.88. The molecule has 1 spiro atoms. The Balaban J connectivity index is 1.33. The van der Waals surface area contributed by atoms with Gasteiger partial charge in [0.1, 0.15) is 11.9 Å². The summed E-state index contributed by atoms with van der Waals surface area (Å²) >= 11 is 0. The number of rotatable bonds is 6. The van der Waals surface area contributed by atoms with Crippen LogP contribution in [0.3, 0.4) is 0 Å². The van der Waals surface area contributed by atoms with Crippen LogP contribution in [0.15, 0.2) is 28.9 Å². The monoisotopic (exact) mass is 480 g/mol. The van der Waals surface area contributed by atoms with Crippen LogP contribution in [0.2, 0.25) is 0 Å². The van der Waals surface area contributed by atoms with Crippen molar-refractivity contribution in [1.29, 1.82) is 0 Å². The van der Waals surface area contributed by atoms with Gasteiger partial charge in [-0.15, -0.1) is 0 Å². The van der Waals surface area contributed by atoms with E-state index in [2.05, 4.69) is 40.3 Å². The third kappa shape index (κ3) is 2.87. The van der Waals surface area contributed by atoms with Crippen molar-refractivity contribution in [2.24, 2.45) is 45.3 Å². The van der Waals surface area contributed by atoms with Gasteiger partial charge in [0.05, 0.1) is 6.26 Å². The summed E-state index contributed by atoms with van der Waals surface area (Å²) < 4.78 is 11.8. The third-order valence-electron chi connectivity index (χ3n) is 12.2. The number of carbonyl (C=O) groups is 2. The van der Waals surface area contributed by atoms with Crippen LogP contribution in [0, 0.1) is 52.3 Å². The number of furan rings is 1. The number of carbonyl (C=O) groups excluding carboxylic acids is 1. The molecule has 9 atom stereocenters. The molecule has 4 saturated carbocycles. The van der Waals surface area contributed by atoms with E-state index < -0.39 is 5.97 Å². The lowest BCUT2D eigenvalue weighted by atomic mass is 9.43. The minimum atomic E-state index is -0.745. The first-order valence-corrected chi connectivity index (χ1v) is 13.6. The quantitative estimate of drug-likeness (QED) is 0.380. The lowest BCUT2D eigenvalue weighted by Gasteiger charge is -2.61. The van der Waals surface area contributed by atoms with Crippen molar-refractivity contribution in [3.8, 4) is 0 Å². The van der Waals surface area contributed by atoms with E-state index in [1.807, 2.05) is 6.26 Å². The van der Waals surface area contributed by atoms with Crippen molar-refractivity contribution in [1.82, 2.24) is 0 Å². The Bertz CT molecular complexity index is 1100. The fraction of sp³-hybridized carbons (Fsp3) is 0.733. The summed E-state index contributed by atoms with van der Waals surface area (Å²) in [6.45, 7) is 13.7. The molecule has 1 aromatic rings. The maximum absolute atomic E-state index is 12.6. The molecule has 6 rings (SSSR count). The van der Waals surface area contributed by atoms with Crippen LogP contribution < -0.4 is 0 Å². The molecule has 5 aliphatic rings. The number of esters is 1. The van der Waals surface area contributed by atoms with Gasteiger partial charge in [-0.05, 0) is 103 Å². The summed E-state index contributed by atoms with van der Waals surface area (Å²) in [6, 6.07) is 2.17. The Kier molecular flexibility index (Phi) is 4.85. The highest BCUT2D eigenvalue weighted by molar-refractivity contribution is 5.91. The fourth-order valence-corrected chi connectivity index (χ4v) is 10.6. The Labute approximate surface area is 208 Å². The molecule has 0 bridgehead atoms. The molecule has 1 saturated heterocycles. The molecule has 1 aromatic heterocycles. The fourth-order valence-electron chi connectivity index (χ4n) is 10.6. The predicted octanol–water partition coefficient (Wildman–Crippen LogP) is 6.34. The van der Waals surface area contributed by atoms with Gasteiger partial charge in [0.2, 0.25) is 0 Å². The van der Waals surface area contributed by atoms with E-state index in [0.29, 0.717) is 29.7 Å². The van der Waals surface area contributed by atoms with Crippen LogP contribution >= 0.6 is 0 Å². The molecule has 1 N–H and O–H groups in total. The van der Waals surface area contributed by atoms with Gasteiger partial charge < -0.3 is 14.3 Å². The van der Waals surface area contributed by atoms with Gasteiger partial charge in [0.15, 0.2) is 0 Å². The van der Waals surface area contributed by atoms with Crippen molar-refractivity contribution < 1.29 is 23.8 Å². The zero-order valence-corrected chi connectivity index (χ0v) is 21.7. The molecular formula is C30H40O5. The second kappa shape index (κ2) is 7.26. The van der Waals surface area contributed by atoms with Crippen LogP contribution in [0.5, 0.6) is 0 Å². The van der Waals surface area contributed by atoms with Crippen molar-refractivity contribution in [2.45, 2.75) is 91.6 Å². The molecule has 5 heteroatoms. The molecule has 2 heterocycles. The molecule has 35 heavy (non-hydrogen) atoms. The molecule has 0 unspecified atom stereocenters. The summed E-state index contributed by atoms with van der Waals surface area (Å²) in [7, 11) is 0. The largest absolute Gasteiger partial charge is 0.481 e. The predicted molar refractivity (Wildman–Crippen MR) is 131 cm³/mol. The minimum Gasteiger partial charge on any atom is -0.481 e. The van der Waals surface area contributed by atoms with E-state index in [1.165, 1.54) is 24.8 Å². The number of hydrogen-bond acceptors (Lipinski definition) is 4. The highest BCUT2D eigenvalue weighted by atomic mass is 16.6. The van der Waals surface area contributed by atoms with Crippen molar-refractivity contribution in [3.05, 3.63) is 35.8 Å².